The lowest BCUT2D eigenvalue weighted by atomic mass is 10.1. The molecule has 0 fully saturated rings. The maximum absolute atomic E-state index is 12.5. The molecule has 0 aliphatic rings. The van der Waals surface area contributed by atoms with Crippen LogP contribution in [0.2, 0.25) is 0 Å². The minimum Gasteiger partial charge on any atom is -0.464 e. The largest absolute Gasteiger partial charge is 0.464 e. The van der Waals surface area contributed by atoms with Gasteiger partial charge in [0.15, 0.2) is 0 Å². The molecule has 0 radical (unpaired) electrons. The van der Waals surface area contributed by atoms with Gasteiger partial charge in [-0.1, -0.05) is 36.8 Å². The van der Waals surface area contributed by atoms with E-state index < -0.39 is 5.97 Å². The van der Waals surface area contributed by atoms with Crippen molar-refractivity contribution in [1.82, 2.24) is 9.88 Å². The number of hydrogen-bond acceptors (Lipinski definition) is 4. The Bertz CT molecular complexity index is 938. The van der Waals surface area contributed by atoms with E-state index >= 15 is 0 Å². The summed E-state index contributed by atoms with van der Waals surface area (Å²) in [5.41, 5.74) is 3.53. The topological polar surface area (TPSA) is 60.3 Å². The van der Waals surface area contributed by atoms with Crippen molar-refractivity contribution >= 4 is 33.4 Å². The highest BCUT2D eigenvalue weighted by molar-refractivity contribution is 7.19. The van der Waals surface area contributed by atoms with Gasteiger partial charge in [0.25, 0.3) is 0 Å². The van der Waals surface area contributed by atoms with Gasteiger partial charge in [-0.3, -0.25) is 4.79 Å². The molecule has 0 saturated carbocycles. The second-order valence-electron chi connectivity index (χ2n) is 6.19. The third-order valence-electron chi connectivity index (χ3n) is 4.30. The minimum atomic E-state index is -0.433. The van der Waals surface area contributed by atoms with Gasteiger partial charge in [0.1, 0.15) is 12.2 Å². The van der Waals surface area contributed by atoms with Crippen LogP contribution in [0.3, 0.4) is 0 Å². The van der Waals surface area contributed by atoms with Crippen molar-refractivity contribution in [2.24, 2.45) is 0 Å². The number of esters is 1. The van der Waals surface area contributed by atoms with Crippen molar-refractivity contribution in [3.63, 3.8) is 0 Å². The number of amides is 1. The Morgan fingerprint density at radius 1 is 1.19 bits per heavy atom. The summed E-state index contributed by atoms with van der Waals surface area (Å²) < 4.78 is 7.60. The summed E-state index contributed by atoms with van der Waals surface area (Å²) in [5.74, 6) is -0.574. The van der Waals surface area contributed by atoms with Crippen LogP contribution in [0.1, 0.15) is 33.4 Å². The predicted molar refractivity (Wildman–Crippen MR) is 104 cm³/mol. The van der Waals surface area contributed by atoms with E-state index in [1.165, 1.54) is 17.6 Å². The first-order valence-corrected chi connectivity index (χ1v) is 9.36. The molecular formula is C20H22N2O3S. The van der Waals surface area contributed by atoms with E-state index in [0.717, 1.165) is 22.2 Å². The minimum absolute atomic E-state index is 0.0830. The second-order valence-corrected chi connectivity index (χ2v) is 7.35. The number of carbonyl (C=O) groups excluding carboxylic acids is 2. The molecule has 0 aliphatic heterocycles. The fourth-order valence-electron chi connectivity index (χ4n) is 2.82. The molecule has 3 aromatic rings. The highest BCUT2D eigenvalue weighted by atomic mass is 32.1. The number of aromatic nitrogens is 1. The Morgan fingerprint density at radius 2 is 1.92 bits per heavy atom. The Balaban J connectivity index is 1.79. The highest BCUT2D eigenvalue weighted by Crippen LogP contribution is 2.29. The molecule has 6 heteroatoms. The van der Waals surface area contributed by atoms with Gasteiger partial charge in [-0.05, 0) is 31.0 Å². The fourth-order valence-corrected chi connectivity index (χ4v) is 3.86. The number of carbonyl (C=O) groups is 2. The van der Waals surface area contributed by atoms with Gasteiger partial charge < -0.3 is 14.6 Å². The van der Waals surface area contributed by atoms with Crippen LogP contribution < -0.4 is 5.32 Å². The smallest absolute Gasteiger partial charge is 0.354 e. The Hall–Kier alpha value is -2.60. The molecule has 26 heavy (non-hydrogen) atoms. The van der Waals surface area contributed by atoms with Crippen LogP contribution in [-0.4, -0.2) is 23.6 Å². The molecule has 0 aliphatic carbocycles. The number of hydrogen-bond donors (Lipinski definition) is 1. The monoisotopic (exact) mass is 370 g/mol. The van der Waals surface area contributed by atoms with Gasteiger partial charge >= 0.3 is 5.97 Å². The summed E-state index contributed by atoms with van der Waals surface area (Å²) in [4.78, 5) is 25.8. The van der Waals surface area contributed by atoms with E-state index in [9.17, 15) is 9.59 Å². The van der Waals surface area contributed by atoms with Gasteiger partial charge in [0.2, 0.25) is 5.91 Å². The third-order valence-corrected chi connectivity index (χ3v) is 5.51. The van der Waals surface area contributed by atoms with Crippen LogP contribution in [0.15, 0.2) is 36.4 Å². The van der Waals surface area contributed by atoms with Crippen molar-refractivity contribution in [2.45, 2.75) is 33.4 Å². The number of aryl methyl sites for hydroxylation is 2. The summed E-state index contributed by atoms with van der Waals surface area (Å²) in [6.45, 7) is 4.66. The lowest BCUT2D eigenvalue weighted by Gasteiger charge is -2.10. The maximum Gasteiger partial charge on any atom is 0.354 e. The molecule has 1 N–H and O–H groups in total. The summed E-state index contributed by atoms with van der Waals surface area (Å²) in [6, 6.07) is 11.9. The van der Waals surface area contributed by atoms with E-state index in [1.54, 1.807) is 22.0 Å². The molecule has 1 aromatic carbocycles. The first-order chi connectivity index (χ1) is 12.5. The summed E-state index contributed by atoms with van der Waals surface area (Å²) in [5, 5.41) is 2.92. The number of nitrogens with zero attached hydrogens (tertiary/aromatic N) is 1. The molecule has 5 nitrogen and oxygen atoms in total. The van der Waals surface area contributed by atoms with Gasteiger partial charge in [-0.2, -0.15) is 0 Å². The van der Waals surface area contributed by atoms with Crippen molar-refractivity contribution in [1.29, 1.82) is 0 Å². The van der Waals surface area contributed by atoms with Crippen LogP contribution in [-0.2, 0) is 29.0 Å². The first-order valence-electron chi connectivity index (χ1n) is 8.54. The van der Waals surface area contributed by atoms with E-state index in [4.69, 9.17) is 4.74 Å². The number of ether oxygens (including phenoxy) is 1. The molecule has 136 valence electrons. The lowest BCUT2D eigenvalue weighted by molar-refractivity contribution is -0.121. The van der Waals surface area contributed by atoms with Gasteiger partial charge in [0, 0.05) is 11.4 Å². The first kappa shape index (κ1) is 18.2. The predicted octanol–water partition coefficient (Wildman–Crippen LogP) is 3.68. The van der Waals surface area contributed by atoms with E-state index in [-0.39, 0.29) is 12.5 Å². The third kappa shape index (κ3) is 3.80. The van der Waals surface area contributed by atoms with Gasteiger partial charge in [-0.25, -0.2) is 4.79 Å². The molecule has 2 aromatic heterocycles. The van der Waals surface area contributed by atoms with Crippen molar-refractivity contribution in [3.05, 3.63) is 58.1 Å². The quantitative estimate of drug-likeness (QED) is 0.674. The number of thiophene rings is 1. The molecule has 3 rings (SSSR count). The number of nitrogens with one attached hydrogen (secondary N) is 1. The van der Waals surface area contributed by atoms with Crippen LogP contribution in [0, 0.1) is 6.92 Å². The zero-order chi connectivity index (χ0) is 18.7. The normalized spacial score (nSPS) is 10.9. The number of rotatable bonds is 6. The molecule has 0 unspecified atom stereocenters. The number of benzene rings is 1. The van der Waals surface area contributed by atoms with Crippen molar-refractivity contribution < 1.29 is 14.3 Å². The van der Waals surface area contributed by atoms with Crippen LogP contribution in [0.5, 0.6) is 0 Å². The molecular weight excluding hydrogens is 348 g/mol. The summed E-state index contributed by atoms with van der Waals surface area (Å²) in [6.07, 6.45) is 0.923. The van der Waals surface area contributed by atoms with Crippen molar-refractivity contribution in [2.75, 3.05) is 7.11 Å². The van der Waals surface area contributed by atoms with Crippen LogP contribution in [0.25, 0.3) is 10.2 Å². The SMILES string of the molecule is CCc1cc2c(cc(C(=O)OC)n2CC(=O)NCc2ccc(C)cc2)s1. The summed E-state index contributed by atoms with van der Waals surface area (Å²) in [7, 11) is 1.35. The van der Waals surface area contributed by atoms with Crippen molar-refractivity contribution in [3.8, 4) is 0 Å². The fraction of sp³-hybridized carbons (Fsp3) is 0.300. The van der Waals surface area contributed by atoms with E-state index in [1.807, 2.05) is 37.3 Å². The molecule has 1 amide bonds. The van der Waals surface area contributed by atoms with Crippen LogP contribution >= 0.6 is 11.3 Å². The average Bonchev–Trinajstić information content (AvgIpc) is 3.19. The van der Waals surface area contributed by atoms with E-state index in [2.05, 4.69) is 12.2 Å². The maximum atomic E-state index is 12.5. The standard InChI is InChI=1S/C20H22N2O3S/c1-4-15-9-16-18(26-15)10-17(20(24)25-3)22(16)12-19(23)21-11-14-7-5-13(2)6-8-14/h5-10H,4,11-12H2,1-3H3,(H,21,23). The van der Waals surface area contributed by atoms with Crippen LogP contribution in [0.4, 0.5) is 0 Å². The average molecular weight is 370 g/mol. The molecule has 2 heterocycles. The van der Waals surface area contributed by atoms with Gasteiger partial charge in [0.05, 0.1) is 17.3 Å². The van der Waals surface area contributed by atoms with E-state index in [0.29, 0.717) is 12.2 Å². The molecule has 0 atom stereocenters. The zero-order valence-corrected chi connectivity index (χ0v) is 16.0. The summed E-state index contributed by atoms with van der Waals surface area (Å²) >= 11 is 1.64. The molecule has 0 saturated heterocycles. The number of fused-ring (bicyclic) bond motifs is 1. The Kier molecular flexibility index (Phi) is 5.42. The Labute approximate surface area is 156 Å². The highest BCUT2D eigenvalue weighted by Gasteiger charge is 2.19. The number of methoxy groups -OCH3 is 1. The molecule has 0 spiro atoms. The lowest BCUT2D eigenvalue weighted by Crippen LogP contribution is -2.28. The second kappa shape index (κ2) is 7.74. The Morgan fingerprint density at radius 3 is 2.58 bits per heavy atom. The molecule has 0 bridgehead atoms. The van der Waals surface area contributed by atoms with Gasteiger partial charge in [-0.15, -0.1) is 11.3 Å². The zero-order valence-electron chi connectivity index (χ0n) is 15.2.